The lowest BCUT2D eigenvalue weighted by molar-refractivity contribution is -0.125. The number of amides is 1. The summed E-state index contributed by atoms with van der Waals surface area (Å²) in [5.41, 5.74) is 2.60. The van der Waals surface area contributed by atoms with Gasteiger partial charge < -0.3 is 15.2 Å². The Bertz CT molecular complexity index is 1390. The van der Waals surface area contributed by atoms with Crippen LogP contribution >= 0.6 is 11.6 Å². The van der Waals surface area contributed by atoms with Gasteiger partial charge in [0.2, 0.25) is 5.91 Å². The SMILES string of the molecule is C[C@H](NC(=O)C(C)(C)Nc1cc(-c2ccccc2)on1)[C@@H](Cc1ccc(Cl)cc1)c1cccc(C#N)c1. The van der Waals surface area contributed by atoms with Crippen LogP contribution in [0.4, 0.5) is 5.82 Å². The molecular weight excluding hydrogens is 484 g/mol. The lowest BCUT2D eigenvalue weighted by Gasteiger charge is -2.31. The lowest BCUT2D eigenvalue weighted by atomic mass is 9.85. The molecule has 3 aromatic carbocycles. The Morgan fingerprint density at radius 1 is 1.05 bits per heavy atom. The van der Waals surface area contributed by atoms with Crippen molar-refractivity contribution >= 4 is 23.3 Å². The molecule has 37 heavy (non-hydrogen) atoms. The Morgan fingerprint density at radius 3 is 2.49 bits per heavy atom. The Hall–Kier alpha value is -4.08. The van der Waals surface area contributed by atoms with Crippen molar-refractivity contribution in [1.82, 2.24) is 10.5 Å². The van der Waals surface area contributed by atoms with E-state index in [1.54, 1.807) is 26.0 Å². The van der Waals surface area contributed by atoms with E-state index in [2.05, 4.69) is 21.9 Å². The molecular formula is C30H29ClN4O2. The Labute approximate surface area is 222 Å². The van der Waals surface area contributed by atoms with Crippen LogP contribution in [0.2, 0.25) is 5.02 Å². The van der Waals surface area contributed by atoms with Gasteiger partial charge in [-0.2, -0.15) is 5.26 Å². The molecule has 0 saturated carbocycles. The van der Waals surface area contributed by atoms with E-state index in [4.69, 9.17) is 16.1 Å². The summed E-state index contributed by atoms with van der Waals surface area (Å²) in [5, 5.41) is 20.5. The van der Waals surface area contributed by atoms with Crippen molar-refractivity contribution in [3.05, 3.63) is 107 Å². The number of rotatable bonds is 9. The van der Waals surface area contributed by atoms with E-state index >= 15 is 0 Å². The fourth-order valence-corrected chi connectivity index (χ4v) is 4.36. The standard InChI is InChI=1S/C30H29ClN4O2/c1-20(26(17-21-12-14-25(31)15-13-21)24-11-7-8-22(16-24)19-32)33-29(36)30(2,3)34-28-18-27(37-35-28)23-9-5-4-6-10-23/h4-16,18,20,26H,17H2,1-3H3,(H,33,36)(H,34,35)/t20-,26+/m0/s1. The smallest absolute Gasteiger partial charge is 0.245 e. The van der Waals surface area contributed by atoms with E-state index in [-0.39, 0.29) is 17.9 Å². The summed E-state index contributed by atoms with van der Waals surface area (Å²) in [7, 11) is 0. The summed E-state index contributed by atoms with van der Waals surface area (Å²) < 4.78 is 5.47. The topological polar surface area (TPSA) is 90.9 Å². The van der Waals surface area contributed by atoms with Gasteiger partial charge in [-0.15, -0.1) is 0 Å². The van der Waals surface area contributed by atoms with Crippen LogP contribution in [0.3, 0.4) is 0 Å². The van der Waals surface area contributed by atoms with Crippen molar-refractivity contribution in [2.45, 2.75) is 44.7 Å². The number of aromatic nitrogens is 1. The monoisotopic (exact) mass is 512 g/mol. The van der Waals surface area contributed by atoms with Gasteiger partial charge in [-0.1, -0.05) is 71.4 Å². The third-order valence-corrected chi connectivity index (χ3v) is 6.60. The van der Waals surface area contributed by atoms with Crippen LogP contribution in [0.5, 0.6) is 0 Å². The third kappa shape index (κ3) is 6.58. The second-order valence-electron chi connectivity index (χ2n) is 9.63. The number of hydrogen-bond donors (Lipinski definition) is 2. The highest BCUT2D eigenvalue weighted by Crippen LogP contribution is 2.28. The first-order valence-electron chi connectivity index (χ1n) is 12.1. The van der Waals surface area contributed by atoms with Crippen molar-refractivity contribution in [3.63, 3.8) is 0 Å². The van der Waals surface area contributed by atoms with E-state index in [0.717, 1.165) is 16.7 Å². The molecule has 0 saturated heterocycles. The average molecular weight is 513 g/mol. The number of benzene rings is 3. The molecule has 4 rings (SSSR count). The van der Waals surface area contributed by atoms with Crippen molar-refractivity contribution in [3.8, 4) is 17.4 Å². The third-order valence-electron chi connectivity index (χ3n) is 6.35. The van der Waals surface area contributed by atoms with Crippen LogP contribution in [0.25, 0.3) is 11.3 Å². The van der Waals surface area contributed by atoms with Crippen LogP contribution in [0, 0.1) is 11.3 Å². The Morgan fingerprint density at radius 2 is 1.78 bits per heavy atom. The molecule has 0 bridgehead atoms. The van der Waals surface area contributed by atoms with E-state index in [1.807, 2.05) is 79.7 Å². The van der Waals surface area contributed by atoms with Crippen molar-refractivity contribution < 1.29 is 9.32 Å². The summed E-state index contributed by atoms with van der Waals surface area (Å²) in [6.45, 7) is 5.59. The molecule has 1 amide bonds. The Kier molecular flexibility index (Phi) is 7.95. The number of halogens is 1. The zero-order valence-corrected chi connectivity index (χ0v) is 21.8. The van der Waals surface area contributed by atoms with Gasteiger partial charge in [0.05, 0.1) is 11.6 Å². The van der Waals surface area contributed by atoms with Gasteiger partial charge >= 0.3 is 0 Å². The zero-order chi connectivity index (χ0) is 26.4. The molecule has 1 aromatic heterocycles. The first-order valence-corrected chi connectivity index (χ1v) is 12.5. The number of nitriles is 1. The van der Waals surface area contributed by atoms with E-state index in [1.165, 1.54) is 0 Å². The maximum absolute atomic E-state index is 13.4. The Balaban J connectivity index is 1.50. The van der Waals surface area contributed by atoms with Gasteiger partial charge in [-0.3, -0.25) is 4.79 Å². The maximum Gasteiger partial charge on any atom is 0.245 e. The quantitative estimate of drug-likeness (QED) is 0.264. The van der Waals surface area contributed by atoms with Crippen LogP contribution < -0.4 is 10.6 Å². The van der Waals surface area contributed by atoms with Crippen molar-refractivity contribution in [1.29, 1.82) is 5.26 Å². The second-order valence-corrected chi connectivity index (χ2v) is 10.1. The minimum Gasteiger partial charge on any atom is -0.354 e. The molecule has 0 aliphatic heterocycles. The predicted molar refractivity (Wildman–Crippen MR) is 146 cm³/mol. The van der Waals surface area contributed by atoms with Gasteiger partial charge in [-0.05, 0) is 62.6 Å². The first-order chi connectivity index (χ1) is 17.7. The minimum absolute atomic E-state index is 0.0639. The number of hydrogen-bond acceptors (Lipinski definition) is 5. The van der Waals surface area contributed by atoms with Gasteiger partial charge in [0, 0.05) is 28.6 Å². The summed E-state index contributed by atoms with van der Waals surface area (Å²) in [6, 6.07) is 28.6. The van der Waals surface area contributed by atoms with Crippen LogP contribution in [0.1, 0.15) is 43.4 Å². The molecule has 7 heteroatoms. The summed E-state index contributed by atoms with van der Waals surface area (Å²) in [5.74, 6) is 0.854. The average Bonchev–Trinajstić information content (AvgIpc) is 3.36. The predicted octanol–water partition coefficient (Wildman–Crippen LogP) is 6.59. The van der Waals surface area contributed by atoms with Gasteiger partial charge in [0.25, 0.3) is 0 Å². The van der Waals surface area contributed by atoms with Gasteiger partial charge in [0.1, 0.15) is 5.54 Å². The number of nitrogens with one attached hydrogen (secondary N) is 2. The van der Waals surface area contributed by atoms with Gasteiger partial charge in [-0.25, -0.2) is 0 Å². The normalized spacial score (nSPS) is 12.8. The zero-order valence-electron chi connectivity index (χ0n) is 21.0. The molecule has 0 radical (unpaired) electrons. The molecule has 0 aliphatic rings. The highest BCUT2D eigenvalue weighted by atomic mass is 35.5. The summed E-state index contributed by atoms with van der Waals surface area (Å²) in [6.07, 6.45) is 0.672. The first kappa shape index (κ1) is 26.0. The molecule has 0 fully saturated rings. The number of anilines is 1. The molecule has 1 heterocycles. The van der Waals surface area contributed by atoms with Crippen LogP contribution in [0.15, 0.2) is 89.5 Å². The number of nitrogens with zero attached hydrogens (tertiary/aromatic N) is 2. The molecule has 2 N–H and O–H groups in total. The van der Waals surface area contributed by atoms with Crippen LogP contribution in [-0.4, -0.2) is 22.6 Å². The molecule has 6 nitrogen and oxygen atoms in total. The molecule has 0 aliphatic carbocycles. The molecule has 0 spiro atoms. The molecule has 0 unspecified atom stereocenters. The van der Waals surface area contributed by atoms with E-state index in [0.29, 0.717) is 28.6 Å². The highest BCUT2D eigenvalue weighted by molar-refractivity contribution is 6.30. The largest absolute Gasteiger partial charge is 0.354 e. The number of carbonyl (C=O) groups is 1. The highest BCUT2D eigenvalue weighted by Gasteiger charge is 2.32. The maximum atomic E-state index is 13.4. The van der Waals surface area contributed by atoms with E-state index in [9.17, 15) is 10.1 Å². The number of carbonyl (C=O) groups excluding carboxylic acids is 1. The fourth-order valence-electron chi connectivity index (χ4n) is 4.23. The van der Waals surface area contributed by atoms with Crippen LogP contribution in [-0.2, 0) is 11.2 Å². The minimum atomic E-state index is -0.960. The summed E-state index contributed by atoms with van der Waals surface area (Å²) >= 11 is 6.08. The van der Waals surface area contributed by atoms with Crippen molar-refractivity contribution in [2.24, 2.45) is 0 Å². The van der Waals surface area contributed by atoms with Gasteiger partial charge in [0.15, 0.2) is 11.6 Å². The summed E-state index contributed by atoms with van der Waals surface area (Å²) in [4.78, 5) is 13.4. The lowest BCUT2D eigenvalue weighted by Crippen LogP contribution is -2.52. The fraction of sp³-hybridized carbons (Fsp3) is 0.233. The molecule has 2 atom stereocenters. The molecule has 188 valence electrons. The molecule has 4 aromatic rings. The second kappa shape index (κ2) is 11.3. The van der Waals surface area contributed by atoms with E-state index < -0.39 is 5.54 Å². The van der Waals surface area contributed by atoms with Crippen molar-refractivity contribution in [2.75, 3.05) is 5.32 Å².